The van der Waals surface area contributed by atoms with Gasteiger partial charge in [-0.05, 0) is 23.6 Å². The molecule has 15 heavy (non-hydrogen) atoms. The van der Waals surface area contributed by atoms with Crippen molar-refractivity contribution in [1.29, 1.82) is 0 Å². The van der Waals surface area contributed by atoms with Gasteiger partial charge in [0.15, 0.2) is 11.6 Å². The number of hydrogen-bond acceptors (Lipinski definition) is 3. The van der Waals surface area contributed by atoms with Crippen LogP contribution >= 0.6 is 11.3 Å². The summed E-state index contributed by atoms with van der Waals surface area (Å²) < 4.78 is 26.6. The van der Waals surface area contributed by atoms with Crippen LogP contribution in [0, 0.1) is 11.6 Å². The highest BCUT2D eigenvalue weighted by Crippen LogP contribution is 2.26. The monoisotopic (exact) mass is 226 g/mol. The van der Waals surface area contributed by atoms with Crippen LogP contribution in [0.3, 0.4) is 0 Å². The largest absolute Gasteiger partial charge is 0.399 e. The van der Waals surface area contributed by atoms with Crippen LogP contribution in [0.25, 0.3) is 0 Å². The van der Waals surface area contributed by atoms with Crippen LogP contribution in [-0.4, -0.2) is 0 Å². The van der Waals surface area contributed by atoms with Crippen molar-refractivity contribution >= 4 is 28.4 Å². The lowest BCUT2D eigenvalue weighted by molar-refractivity contribution is 0.592. The van der Waals surface area contributed by atoms with Gasteiger partial charge in [-0.2, -0.15) is 11.3 Å². The Kier molecular flexibility index (Phi) is 2.55. The van der Waals surface area contributed by atoms with Gasteiger partial charge >= 0.3 is 0 Å². The summed E-state index contributed by atoms with van der Waals surface area (Å²) in [5.74, 6) is -1.39. The Balaban J connectivity index is 2.36. The highest BCUT2D eigenvalue weighted by atomic mass is 32.1. The van der Waals surface area contributed by atoms with Crippen molar-refractivity contribution in [3.63, 3.8) is 0 Å². The van der Waals surface area contributed by atoms with Crippen LogP contribution in [-0.2, 0) is 0 Å². The second-order valence-corrected chi connectivity index (χ2v) is 3.78. The third-order valence-electron chi connectivity index (χ3n) is 1.85. The molecule has 1 heterocycles. The Labute approximate surface area is 89.3 Å². The predicted molar refractivity (Wildman–Crippen MR) is 58.4 cm³/mol. The smallest absolute Gasteiger partial charge is 0.151 e. The second kappa shape index (κ2) is 3.86. The number of rotatable bonds is 2. The van der Waals surface area contributed by atoms with Crippen LogP contribution in [0.2, 0.25) is 0 Å². The fourth-order valence-electron chi connectivity index (χ4n) is 1.19. The number of benzene rings is 1. The molecular weight excluding hydrogens is 218 g/mol. The fourth-order valence-corrected chi connectivity index (χ4v) is 1.78. The Morgan fingerprint density at radius 2 is 1.87 bits per heavy atom. The number of anilines is 3. The molecule has 2 rings (SSSR count). The molecule has 0 fully saturated rings. The highest BCUT2D eigenvalue weighted by Gasteiger charge is 2.10. The molecule has 2 nitrogen and oxygen atoms in total. The average Bonchev–Trinajstić information content (AvgIpc) is 2.63. The molecule has 0 aliphatic rings. The Bertz CT molecular complexity index is 445. The quantitative estimate of drug-likeness (QED) is 0.770. The zero-order valence-electron chi connectivity index (χ0n) is 7.63. The van der Waals surface area contributed by atoms with E-state index in [0.29, 0.717) is 5.69 Å². The van der Waals surface area contributed by atoms with Gasteiger partial charge in [-0.1, -0.05) is 0 Å². The Morgan fingerprint density at radius 3 is 2.40 bits per heavy atom. The van der Waals surface area contributed by atoms with E-state index >= 15 is 0 Å². The van der Waals surface area contributed by atoms with Gasteiger partial charge in [-0.3, -0.25) is 0 Å². The van der Waals surface area contributed by atoms with Crippen LogP contribution in [0.4, 0.5) is 25.8 Å². The van der Waals surface area contributed by atoms with E-state index in [1.165, 1.54) is 11.3 Å². The first-order valence-electron chi connectivity index (χ1n) is 4.20. The van der Waals surface area contributed by atoms with Crippen molar-refractivity contribution in [2.75, 3.05) is 11.1 Å². The molecule has 0 saturated heterocycles. The zero-order valence-corrected chi connectivity index (χ0v) is 8.44. The maximum Gasteiger partial charge on any atom is 0.151 e. The zero-order chi connectivity index (χ0) is 10.8. The van der Waals surface area contributed by atoms with E-state index in [9.17, 15) is 8.78 Å². The minimum Gasteiger partial charge on any atom is -0.399 e. The van der Waals surface area contributed by atoms with Gasteiger partial charge in [0.2, 0.25) is 0 Å². The predicted octanol–water partition coefficient (Wildman–Crippen LogP) is 3.35. The number of thiophene rings is 1. The molecule has 2 aromatic rings. The number of nitrogens with one attached hydrogen (secondary N) is 1. The molecule has 0 saturated carbocycles. The Morgan fingerprint density at radius 1 is 1.20 bits per heavy atom. The van der Waals surface area contributed by atoms with E-state index in [4.69, 9.17) is 5.73 Å². The van der Waals surface area contributed by atoms with Crippen molar-refractivity contribution in [3.05, 3.63) is 40.6 Å². The summed E-state index contributed by atoms with van der Waals surface area (Å²) in [5.41, 5.74) is 5.84. The highest BCUT2D eigenvalue weighted by molar-refractivity contribution is 7.08. The van der Waals surface area contributed by atoms with Crippen molar-refractivity contribution < 1.29 is 8.78 Å². The molecule has 0 radical (unpaired) electrons. The van der Waals surface area contributed by atoms with Crippen LogP contribution in [0.5, 0.6) is 0 Å². The summed E-state index contributed by atoms with van der Waals surface area (Å²) in [6, 6.07) is 3.90. The van der Waals surface area contributed by atoms with Crippen molar-refractivity contribution in [2.45, 2.75) is 0 Å². The minimum atomic E-state index is -0.696. The van der Waals surface area contributed by atoms with E-state index in [2.05, 4.69) is 5.32 Å². The lowest BCUT2D eigenvalue weighted by Crippen LogP contribution is -1.98. The van der Waals surface area contributed by atoms with Gasteiger partial charge in [0, 0.05) is 16.8 Å². The van der Waals surface area contributed by atoms with Gasteiger partial charge < -0.3 is 11.1 Å². The molecule has 1 aromatic carbocycles. The van der Waals surface area contributed by atoms with Gasteiger partial charge in [0.05, 0.1) is 0 Å². The van der Waals surface area contributed by atoms with Crippen LogP contribution in [0.1, 0.15) is 0 Å². The summed E-state index contributed by atoms with van der Waals surface area (Å²) in [6.07, 6.45) is 0. The van der Waals surface area contributed by atoms with Gasteiger partial charge in [-0.25, -0.2) is 8.78 Å². The first-order chi connectivity index (χ1) is 7.16. The summed E-state index contributed by atoms with van der Waals surface area (Å²) in [4.78, 5) is 0. The molecule has 0 amide bonds. The number of nitrogen functional groups attached to an aromatic ring is 1. The first-order valence-corrected chi connectivity index (χ1v) is 5.15. The lowest BCUT2D eigenvalue weighted by atomic mass is 10.2. The molecule has 3 N–H and O–H groups in total. The minimum absolute atomic E-state index is 0.0702. The molecule has 0 spiro atoms. The number of nitrogens with two attached hydrogens (primary N) is 1. The third kappa shape index (κ3) is 2.07. The van der Waals surface area contributed by atoms with Crippen LogP contribution < -0.4 is 11.1 Å². The summed E-state index contributed by atoms with van der Waals surface area (Å²) in [6.45, 7) is 0. The lowest BCUT2D eigenvalue weighted by Gasteiger charge is -2.07. The van der Waals surface area contributed by atoms with E-state index in [1.54, 1.807) is 11.4 Å². The molecule has 0 atom stereocenters. The summed E-state index contributed by atoms with van der Waals surface area (Å²) in [5, 5.41) is 6.23. The molecule has 0 unspecified atom stereocenters. The van der Waals surface area contributed by atoms with Crippen LogP contribution in [0.15, 0.2) is 29.0 Å². The molecule has 1 aromatic heterocycles. The molecule has 0 aliphatic carbocycles. The third-order valence-corrected chi connectivity index (χ3v) is 2.54. The van der Waals surface area contributed by atoms with E-state index in [0.717, 1.165) is 12.1 Å². The van der Waals surface area contributed by atoms with Gasteiger partial charge in [0.25, 0.3) is 0 Å². The molecule has 5 heteroatoms. The molecular formula is C10H8F2N2S. The van der Waals surface area contributed by atoms with Crippen molar-refractivity contribution in [3.8, 4) is 0 Å². The number of hydrogen-bond donors (Lipinski definition) is 2. The molecule has 78 valence electrons. The maximum atomic E-state index is 13.3. The molecule has 0 aliphatic heterocycles. The van der Waals surface area contributed by atoms with Crippen molar-refractivity contribution in [1.82, 2.24) is 0 Å². The van der Waals surface area contributed by atoms with E-state index < -0.39 is 11.6 Å². The maximum absolute atomic E-state index is 13.3. The standard InChI is InChI=1S/C10H8F2N2S/c11-8-3-6(13)4-9(12)10(8)14-7-1-2-15-5-7/h1-5,14H,13H2. The summed E-state index contributed by atoms with van der Waals surface area (Å²) in [7, 11) is 0. The topological polar surface area (TPSA) is 38.0 Å². The van der Waals surface area contributed by atoms with E-state index in [1.807, 2.05) is 5.38 Å². The van der Waals surface area contributed by atoms with Gasteiger partial charge in [-0.15, -0.1) is 0 Å². The van der Waals surface area contributed by atoms with E-state index in [-0.39, 0.29) is 11.4 Å². The fraction of sp³-hybridized carbons (Fsp3) is 0. The normalized spacial score (nSPS) is 10.3. The number of halogens is 2. The van der Waals surface area contributed by atoms with Crippen molar-refractivity contribution in [2.24, 2.45) is 0 Å². The van der Waals surface area contributed by atoms with Gasteiger partial charge in [0.1, 0.15) is 5.69 Å². The Hall–Kier alpha value is -1.62. The molecule has 0 bridgehead atoms. The SMILES string of the molecule is Nc1cc(F)c(Nc2ccsc2)c(F)c1. The average molecular weight is 226 g/mol. The second-order valence-electron chi connectivity index (χ2n) is 3.00. The summed E-state index contributed by atoms with van der Waals surface area (Å²) >= 11 is 1.44. The first kappa shape index (κ1) is 9.92.